The molecule has 0 spiro atoms. The third-order valence-corrected chi connectivity index (χ3v) is 4.82. The van der Waals surface area contributed by atoms with Gasteiger partial charge in [0.15, 0.2) is 0 Å². The fourth-order valence-corrected chi connectivity index (χ4v) is 3.15. The van der Waals surface area contributed by atoms with Crippen LogP contribution in [-0.2, 0) is 16.8 Å². The van der Waals surface area contributed by atoms with Gasteiger partial charge in [0, 0.05) is 46.2 Å². The zero-order valence-electron chi connectivity index (χ0n) is 15.8. The van der Waals surface area contributed by atoms with E-state index in [0.29, 0.717) is 6.42 Å². The minimum absolute atomic E-state index is 0.146. The zero-order valence-corrected chi connectivity index (χ0v) is 15.8. The van der Waals surface area contributed by atoms with E-state index in [9.17, 15) is 4.79 Å². The second-order valence-corrected chi connectivity index (χ2v) is 7.84. The number of hydrogen-bond donors (Lipinski definition) is 1. The van der Waals surface area contributed by atoms with Crippen molar-refractivity contribution in [2.75, 3.05) is 39.8 Å². The van der Waals surface area contributed by atoms with E-state index in [1.54, 1.807) is 7.05 Å². The van der Waals surface area contributed by atoms with Crippen LogP contribution in [0.4, 0.5) is 0 Å². The van der Waals surface area contributed by atoms with Crippen molar-refractivity contribution in [3.63, 3.8) is 0 Å². The molecule has 0 bridgehead atoms. The fourth-order valence-electron chi connectivity index (χ4n) is 3.15. The van der Waals surface area contributed by atoms with Crippen molar-refractivity contribution in [3.05, 3.63) is 35.4 Å². The van der Waals surface area contributed by atoms with Gasteiger partial charge >= 0.3 is 0 Å². The maximum absolute atomic E-state index is 11.3. The molecule has 1 amide bonds. The van der Waals surface area contributed by atoms with E-state index < -0.39 is 0 Å². The molecule has 1 N–H and O–H groups in total. The molecule has 24 heavy (non-hydrogen) atoms. The molecule has 134 valence electrons. The first-order chi connectivity index (χ1) is 11.4. The summed E-state index contributed by atoms with van der Waals surface area (Å²) in [6.45, 7) is 13.3. The summed E-state index contributed by atoms with van der Waals surface area (Å²) < 4.78 is 0. The van der Waals surface area contributed by atoms with Crippen LogP contribution in [0.3, 0.4) is 0 Å². The quantitative estimate of drug-likeness (QED) is 0.870. The normalized spacial score (nSPS) is 17.0. The van der Waals surface area contributed by atoms with Crippen molar-refractivity contribution in [1.82, 2.24) is 15.1 Å². The summed E-state index contributed by atoms with van der Waals surface area (Å²) in [5.41, 5.74) is 3.03. The number of nitrogens with zero attached hydrogens (tertiary/aromatic N) is 2. The van der Waals surface area contributed by atoms with Gasteiger partial charge in [0.05, 0.1) is 0 Å². The van der Waals surface area contributed by atoms with Gasteiger partial charge in [0.2, 0.25) is 5.91 Å². The molecule has 1 aliphatic heterocycles. The highest BCUT2D eigenvalue weighted by molar-refractivity contribution is 5.75. The summed E-state index contributed by atoms with van der Waals surface area (Å²) >= 11 is 0. The number of hydrogen-bond acceptors (Lipinski definition) is 3. The molecule has 0 atom stereocenters. The second kappa shape index (κ2) is 8.63. The van der Waals surface area contributed by atoms with E-state index in [0.717, 1.165) is 45.7 Å². The topological polar surface area (TPSA) is 35.6 Å². The molecule has 0 unspecified atom stereocenters. The molecule has 2 rings (SSSR count). The van der Waals surface area contributed by atoms with Crippen LogP contribution in [0, 0.1) is 0 Å². The Hall–Kier alpha value is -1.39. The Kier molecular flexibility index (Phi) is 6.81. The lowest BCUT2D eigenvalue weighted by Crippen LogP contribution is -2.46. The standard InChI is InChI=1S/C20H33N3O/c1-20(2,3)18-8-5-7-17(15-18)16-23-13-11-22(12-14-23)10-6-9-19(24)21-4/h5,7-8,15H,6,9-14,16H2,1-4H3,(H,21,24). The van der Waals surface area contributed by atoms with Crippen LogP contribution < -0.4 is 5.32 Å². The summed E-state index contributed by atoms with van der Waals surface area (Å²) in [7, 11) is 1.70. The molecular weight excluding hydrogens is 298 g/mol. The number of benzene rings is 1. The van der Waals surface area contributed by atoms with Gasteiger partial charge in [0.25, 0.3) is 0 Å². The number of rotatable bonds is 6. The van der Waals surface area contributed by atoms with Gasteiger partial charge in [-0.25, -0.2) is 0 Å². The average molecular weight is 332 g/mol. The lowest BCUT2D eigenvalue weighted by atomic mass is 9.86. The third-order valence-electron chi connectivity index (χ3n) is 4.82. The van der Waals surface area contributed by atoms with Crippen molar-refractivity contribution in [2.24, 2.45) is 0 Å². The van der Waals surface area contributed by atoms with Crippen molar-refractivity contribution in [2.45, 2.75) is 45.6 Å². The Morgan fingerprint density at radius 1 is 1.12 bits per heavy atom. The number of nitrogens with one attached hydrogen (secondary N) is 1. The first kappa shape index (κ1) is 18.9. The number of carbonyl (C=O) groups is 1. The molecule has 4 nitrogen and oxygen atoms in total. The van der Waals surface area contributed by atoms with E-state index >= 15 is 0 Å². The molecule has 0 aromatic heterocycles. The van der Waals surface area contributed by atoms with Crippen molar-refractivity contribution in [3.8, 4) is 0 Å². The smallest absolute Gasteiger partial charge is 0.219 e. The van der Waals surface area contributed by atoms with E-state index in [1.807, 2.05) is 0 Å². The molecule has 0 aliphatic carbocycles. The highest BCUT2D eigenvalue weighted by atomic mass is 16.1. The Morgan fingerprint density at radius 3 is 2.42 bits per heavy atom. The summed E-state index contributed by atoms with van der Waals surface area (Å²) in [4.78, 5) is 16.3. The lowest BCUT2D eigenvalue weighted by Gasteiger charge is -2.35. The molecular formula is C20H33N3O. The molecule has 1 aromatic carbocycles. The van der Waals surface area contributed by atoms with Gasteiger partial charge in [-0.2, -0.15) is 0 Å². The predicted octanol–water partition coefficient (Wildman–Crippen LogP) is 2.63. The predicted molar refractivity (Wildman–Crippen MR) is 100 cm³/mol. The number of carbonyl (C=O) groups excluding carboxylic acids is 1. The SMILES string of the molecule is CNC(=O)CCCN1CCN(Cc2cccc(C(C)(C)C)c2)CC1. The third kappa shape index (κ3) is 5.91. The van der Waals surface area contributed by atoms with Crippen LogP contribution >= 0.6 is 0 Å². The number of piperazine rings is 1. The van der Waals surface area contributed by atoms with Gasteiger partial charge < -0.3 is 10.2 Å². The largest absolute Gasteiger partial charge is 0.359 e. The van der Waals surface area contributed by atoms with E-state index in [1.165, 1.54) is 11.1 Å². The average Bonchev–Trinajstić information content (AvgIpc) is 2.56. The Bertz CT molecular complexity index is 528. The lowest BCUT2D eigenvalue weighted by molar-refractivity contribution is -0.120. The van der Waals surface area contributed by atoms with Crippen LogP contribution in [0.1, 0.15) is 44.7 Å². The molecule has 1 heterocycles. The number of amides is 1. The van der Waals surface area contributed by atoms with E-state index in [2.05, 4.69) is 60.2 Å². The summed E-state index contributed by atoms with van der Waals surface area (Å²) in [5.74, 6) is 0.146. The van der Waals surface area contributed by atoms with Gasteiger partial charge in [-0.15, -0.1) is 0 Å². The highest BCUT2D eigenvalue weighted by Gasteiger charge is 2.18. The van der Waals surface area contributed by atoms with E-state index in [4.69, 9.17) is 0 Å². The molecule has 1 saturated heterocycles. The van der Waals surface area contributed by atoms with Crippen molar-refractivity contribution in [1.29, 1.82) is 0 Å². The minimum Gasteiger partial charge on any atom is -0.359 e. The Morgan fingerprint density at radius 2 is 1.79 bits per heavy atom. The van der Waals surface area contributed by atoms with Crippen LogP contribution in [0.15, 0.2) is 24.3 Å². The van der Waals surface area contributed by atoms with Crippen molar-refractivity contribution >= 4 is 5.91 Å². The molecule has 0 radical (unpaired) electrons. The first-order valence-corrected chi connectivity index (χ1v) is 9.13. The second-order valence-electron chi connectivity index (χ2n) is 7.84. The monoisotopic (exact) mass is 331 g/mol. The molecule has 1 aromatic rings. The van der Waals surface area contributed by atoms with Crippen LogP contribution in [0.25, 0.3) is 0 Å². The van der Waals surface area contributed by atoms with Crippen LogP contribution in [-0.4, -0.2) is 55.5 Å². The van der Waals surface area contributed by atoms with Crippen molar-refractivity contribution < 1.29 is 4.79 Å². The van der Waals surface area contributed by atoms with Gasteiger partial charge in [-0.3, -0.25) is 9.69 Å². The molecule has 1 aliphatic rings. The minimum atomic E-state index is 0.146. The molecule has 4 heteroatoms. The molecule has 1 fully saturated rings. The fraction of sp³-hybridized carbons (Fsp3) is 0.650. The van der Waals surface area contributed by atoms with Gasteiger partial charge in [-0.05, 0) is 29.5 Å². The maximum atomic E-state index is 11.3. The van der Waals surface area contributed by atoms with Gasteiger partial charge in [-0.1, -0.05) is 45.0 Å². The van der Waals surface area contributed by atoms with Crippen LogP contribution in [0.2, 0.25) is 0 Å². The van der Waals surface area contributed by atoms with Crippen LogP contribution in [0.5, 0.6) is 0 Å². The maximum Gasteiger partial charge on any atom is 0.219 e. The highest BCUT2D eigenvalue weighted by Crippen LogP contribution is 2.23. The van der Waals surface area contributed by atoms with E-state index in [-0.39, 0.29) is 11.3 Å². The summed E-state index contributed by atoms with van der Waals surface area (Å²) in [6.07, 6.45) is 1.59. The Balaban J connectivity index is 1.76. The summed E-state index contributed by atoms with van der Waals surface area (Å²) in [5, 5.41) is 2.69. The Labute approximate surface area is 147 Å². The molecule has 0 saturated carbocycles. The zero-order chi connectivity index (χ0) is 17.6. The summed E-state index contributed by atoms with van der Waals surface area (Å²) in [6, 6.07) is 9.01. The van der Waals surface area contributed by atoms with Gasteiger partial charge in [0.1, 0.15) is 0 Å². The first-order valence-electron chi connectivity index (χ1n) is 9.13.